The lowest BCUT2D eigenvalue weighted by molar-refractivity contribution is -0.116. The van der Waals surface area contributed by atoms with Gasteiger partial charge in [-0.05, 0) is 30.3 Å². The van der Waals surface area contributed by atoms with E-state index in [1.165, 1.54) is 17.7 Å². The number of nitrogens with zero attached hydrogens (tertiary/aromatic N) is 1. The second kappa shape index (κ2) is 7.79. The Morgan fingerprint density at radius 2 is 1.70 bits per heavy atom. The number of ether oxygens (including phenoxy) is 1. The fourth-order valence-electron chi connectivity index (χ4n) is 1.90. The highest BCUT2D eigenvalue weighted by molar-refractivity contribution is 5.91. The van der Waals surface area contributed by atoms with Gasteiger partial charge in [0.1, 0.15) is 0 Å². The van der Waals surface area contributed by atoms with Crippen LogP contribution >= 0.6 is 0 Å². The summed E-state index contributed by atoms with van der Waals surface area (Å²) in [6, 6.07) is 11.5. The van der Waals surface area contributed by atoms with E-state index in [1.54, 1.807) is 42.6 Å². The number of pyridine rings is 1. The highest BCUT2D eigenvalue weighted by Gasteiger charge is 2.05. The lowest BCUT2D eigenvalue weighted by Crippen LogP contribution is -2.21. The molecule has 0 aliphatic carbocycles. The molecule has 120 valence electrons. The van der Waals surface area contributed by atoms with E-state index >= 15 is 0 Å². The van der Waals surface area contributed by atoms with Crippen LogP contribution in [-0.4, -0.2) is 23.7 Å². The van der Waals surface area contributed by atoms with Crippen molar-refractivity contribution in [1.29, 1.82) is 0 Å². The van der Waals surface area contributed by atoms with Gasteiger partial charge in [0.2, 0.25) is 5.91 Å². The van der Waals surface area contributed by atoms with Crippen molar-refractivity contribution in [3.63, 3.8) is 0 Å². The monoisotopic (exact) mass is 315 g/mol. The predicted molar refractivity (Wildman–Crippen MR) is 86.4 cm³/mol. The number of amides is 2. The van der Waals surface area contributed by atoms with Crippen LogP contribution in [0.4, 0.5) is 16.2 Å². The first-order chi connectivity index (χ1) is 11.1. The molecule has 0 spiro atoms. The van der Waals surface area contributed by atoms with Gasteiger partial charge >= 0.3 is 6.09 Å². The number of nitrogens with one attached hydrogen (secondary N) is 2. The van der Waals surface area contributed by atoms with E-state index in [-0.39, 0.29) is 17.9 Å². The number of carbonyl (C=O) groups excluding carboxylic acids is 2. The Kier molecular flexibility index (Phi) is 5.51. The molecule has 0 aliphatic heterocycles. The molecular formula is C16H17N3O4. The van der Waals surface area contributed by atoms with E-state index in [9.17, 15) is 14.4 Å². The second-order valence-electron chi connectivity index (χ2n) is 4.72. The molecule has 2 rings (SSSR count). The Balaban J connectivity index is 1.87. The summed E-state index contributed by atoms with van der Waals surface area (Å²) in [4.78, 5) is 34.5. The van der Waals surface area contributed by atoms with Crippen LogP contribution in [0.3, 0.4) is 0 Å². The second-order valence-corrected chi connectivity index (χ2v) is 4.72. The van der Waals surface area contributed by atoms with Gasteiger partial charge in [0, 0.05) is 36.6 Å². The minimum Gasteiger partial charge on any atom is -0.453 e. The minimum absolute atomic E-state index is 0.140. The Hall–Kier alpha value is -3.09. The van der Waals surface area contributed by atoms with Crippen LogP contribution in [0.1, 0.15) is 6.42 Å². The molecule has 1 aromatic heterocycles. The topological polar surface area (TPSA) is 89.4 Å². The zero-order valence-corrected chi connectivity index (χ0v) is 12.6. The lowest BCUT2D eigenvalue weighted by atomic mass is 10.2. The summed E-state index contributed by atoms with van der Waals surface area (Å²) in [7, 11) is 1.28. The van der Waals surface area contributed by atoms with E-state index in [1.807, 2.05) is 0 Å². The molecule has 1 heterocycles. The third-order valence-corrected chi connectivity index (χ3v) is 3.08. The lowest BCUT2D eigenvalue weighted by Gasteiger charge is -2.08. The molecule has 1 aromatic carbocycles. The molecule has 0 unspecified atom stereocenters. The molecular weight excluding hydrogens is 298 g/mol. The maximum atomic E-state index is 11.9. The molecule has 0 radical (unpaired) electrons. The van der Waals surface area contributed by atoms with Gasteiger partial charge in [0.25, 0.3) is 5.56 Å². The first-order valence-electron chi connectivity index (χ1n) is 6.99. The van der Waals surface area contributed by atoms with Gasteiger partial charge in [0.05, 0.1) is 7.11 Å². The van der Waals surface area contributed by atoms with Gasteiger partial charge in [-0.3, -0.25) is 14.9 Å². The largest absolute Gasteiger partial charge is 0.453 e. The van der Waals surface area contributed by atoms with Crippen molar-refractivity contribution >= 4 is 23.4 Å². The third kappa shape index (κ3) is 4.99. The van der Waals surface area contributed by atoms with Crippen molar-refractivity contribution in [2.45, 2.75) is 13.0 Å². The van der Waals surface area contributed by atoms with Crippen molar-refractivity contribution in [1.82, 2.24) is 4.57 Å². The molecule has 2 aromatic rings. The summed E-state index contributed by atoms with van der Waals surface area (Å²) in [5.74, 6) is -0.200. The van der Waals surface area contributed by atoms with Gasteiger partial charge < -0.3 is 14.6 Å². The van der Waals surface area contributed by atoms with Crippen molar-refractivity contribution in [2.24, 2.45) is 0 Å². The smallest absolute Gasteiger partial charge is 0.411 e. The Morgan fingerprint density at radius 3 is 2.30 bits per heavy atom. The zero-order valence-electron chi connectivity index (χ0n) is 12.6. The molecule has 0 atom stereocenters. The van der Waals surface area contributed by atoms with Crippen molar-refractivity contribution in [3.8, 4) is 0 Å². The van der Waals surface area contributed by atoms with Crippen molar-refractivity contribution in [3.05, 3.63) is 59.0 Å². The van der Waals surface area contributed by atoms with Crippen LogP contribution in [-0.2, 0) is 16.1 Å². The maximum absolute atomic E-state index is 11.9. The average molecular weight is 315 g/mol. The van der Waals surface area contributed by atoms with E-state index < -0.39 is 6.09 Å². The quantitative estimate of drug-likeness (QED) is 0.883. The minimum atomic E-state index is -0.560. The summed E-state index contributed by atoms with van der Waals surface area (Å²) in [5, 5.41) is 5.24. The Morgan fingerprint density at radius 1 is 1.04 bits per heavy atom. The highest BCUT2D eigenvalue weighted by Crippen LogP contribution is 2.14. The standard InChI is InChI=1S/C16H17N3O4/c1-23-16(22)18-13-7-5-12(6-8-13)17-14(20)9-11-19-10-3-2-4-15(19)21/h2-8,10H,9,11H2,1H3,(H,17,20)(H,18,22). The predicted octanol–water partition coefficient (Wildman–Crippen LogP) is 2.06. The van der Waals surface area contributed by atoms with E-state index in [0.29, 0.717) is 17.9 Å². The number of carbonyl (C=O) groups is 2. The summed E-state index contributed by atoms with van der Waals surface area (Å²) in [6.45, 7) is 0.313. The van der Waals surface area contributed by atoms with Gasteiger partial charge in [-0.25, -0.2) is 4.79 Å². The zero-order chi connectivity index (χ0) is 16.7. The molecule has 0 bridgehead atoms. The van der Waals surface area contributed by atoms with E-state index in [2.05, 4.69) is 15.4 Å². The summed E-state index contributed by atoms with van der Waals surface area (Å²) >= 11 is 0. The Labute approximate surface area is 132 Å². The molecule has 0 saturated carbocycles. The molecule has 0 aliphatic rings. The number of rotatable bonds is 5. The fourth-order valence-corrected chi connectivity index (χ4v) is 1.90. The summed E-state index contributed by atoms with van der Waals surface area (Å²) < 4.78 is 5.96. The van der Waals surface area contributed by atoms with Crippen LogP contribution in [0.2, 0.25) is 0 Å². The van der Waals surface area contributed by atoms with E-state index in [4.69, 9.17) is 0 Å². The molecule has 7 nitrogen and oxygen atoms in total. The van der Waals surface area contributed by atoms with Crippen LogP contribution < -0.4 is 16.2 Å². The molecule has 0 saturated heterocycles. The molecule has 0 fully saturated rings. The van der Waals surface area contributed by atoms with Gasteiger partial charge in [-0.2, -0.15) is 0 Å². The van der Waals surface area contributed by atoms with Crippen LogP contribution in [0.5, 0.6) is 0 Å². The number of hydrogen-bond acceptors (Lipinski definition) is 4. The summed E-state index contributed by atoms with van der Waals surface area (Å²) in [5.41, 5.74) is 1.02. The fraction of sp³-hybridized carbons (Fsp3) is 0.188. The number of hydrogen-bond donors (Lipinski definition) is 2. The van der Waals surface area contributed by atoms with E-state index in [0.717, 1.165) is 0 Å². The highest BCUT2D eigenvalue weighted by atomic mass is 16.5. The van der Waals surface area contributed by atoms with Crippen LogP contribution in [0.25, 0.3) is 0 Å². The number of anilines is 2. The van der Waals surface area contributed by atoms with Gasteiger partial charge in [-0.15, -0.1) is 0 Å². The average Bonchev–Trinajstić information content (AvgIpc) is 2.56. The SMILES string of the molecule is COC(=O)Nc1ccc(NC(=O)CCn2ccccc2=O)cc1. The third-order valence-electron chi connectivity index (χ3n) is 3.08. The molecule has 7 heteroatoms. The van der Waals surface area contributed by atoms with Crippen LogP contribution in [0, 0.1) is 0 Å². The number of aromatic nitrogens is 1. The number of methoxy groups -OCH3 is 1. The maximum Gasteiger partial charge on any atom is 0.411 e. The first kappa shape index (κ1) is 16.3. The Bertz CT molecular complexity index is 737. The van der Waals surface area contributed by atoms with Crippen LogP contribution in [0.15, 0.2) is 53.5 Å². The molecule has 23 heavy (non-hydrogen) atoms. The van der Waals surface area contributed by atoms with Gasteiger partial charge in [0.15, 0.2) is 0 Å². The normalized spacial score (nSPS) is 9.96. The van der Waals surface area contributed by atoms with Crippen molar-refractivity contribution < 1.29 is 14.3 Å². The number of benzene rings is 1. The van der Waals surface area contributed by atoms with Gasteiger partial charge in [-0.1, -0.05) is 6.07 Å². The van der Waals surface area contributed by atoms with Crippen molar-refractivity contribution in [2.75, 3.05) is 17.7 Å². The molecule has 2 N–H and O–H groups in total. The first-order valence-corrected chi connectivity index (χ1v) is 6.99. The molecule has 2 amide bonds. The number of aryl methyl sites for hydroxylation is 1. The summed E-state index contributed by atoms with van der Waals surface area (Å²) in [6.07, 6.45) is 1.27.